The number of hydrogen-bond donors (Lipinski definition) is 0. The molecule has 0 atom stereocenters. The molecular formula is C16H18N2O3. The highest BCUT2D eigenvalue weighted by atomic mass is 16.5. The maximum absolute atomic E-state index is 12.7. The zero-order valence-corrected chi connectivity index (χ0v) is 12.3. The van der Waals surface area contributed by atoms with Crippen LogP contribution in [0.5, 0.6) is 11.5 Å². The summed E-state index contributed by atoms with van der Waals surface area (Å²) < 4.78 is 12.9. The Labute approximate surface area is 123 Å². The van der Waals surface area contributed by atoms with Gasteiger partial charge in [-0.2, -0.15) is 5.10 Å². The summed E-state index contributed by atoms with van der Waals surface area (Å²) in [6, 6.07) is 5.34. The van der Waals surface area contributed by atoms with E-state index in [1.165, 1.54) is 0 Å². The Kier molecular flexibility index (Phi) is 3.64. The zero-order chi connectivity index (χ0) is 14.8. The second-order valence-electron chi connectivity index (χ2n) is 5.06. The Hall–Kier alpha value is -2.30. The fourth-order valence-corrected chi connectivity index (χ4v) is 2.45. The molecule has 1 aromatic heterocycles. The Morgan fingerprint density at radius 1 is 1.29 bits per heavy atom. The molecule has 0 fully saturated rings. The zero-order valence-electron chi connectivity index (χ0n) is 12.3. The molecule has 1 aliphatic rings. The van der Waals surface area contributed by atoms with Gasteiger partial charge in [-0.15, -0.1) is 0 Å². The highest BCUT2D eigenvalue weighted by Gasteiger charge is 2.19. The summed E-state index contributed by atoms with van der Waals surface area (Å²) in [5.74, 6) is 1.31. The van der Waals surface area contributed by atoms with E-state index in [-0.39, 0.29) is 5.78 Å². The minimum absolute atomic E-state index is 0.0319. The molecule has 2 aromatic rings. The molecule has 0 saturated heterocycles. The van der Waals surface area contributed by atoms with Crippen LogP contribution < -0.4 is 9.47 Å². The van der Waals surface area contributed by atoms with Crippen molar-refractivity contribution in [1.82, 2.24) is 9.78 Å². The number of nitrogens with zero attached hydrogens (tertiary/aromatic N) is 2. The second kappa shape index (κ2) is 5.60. The van der Waals surface area contributed by atoms with Crippen LogP contribution in [0.3, 0.4) is 0 Å². The Morgan fingerprint density at radius 2 is 2.05 bits per heavy atom. The fraction of sp³-hybridized carbons (Fsp3) is 0.375. The molecule has 0 saturated carbocycles. The van der Waals surface area contributed by atoms with Crippen LogP contribution in [0.25, 0.3) is 0 Å². The number of ether oxygens (including phenoxy) is 2. The third kappa shape index (κ3) is 2.63. The van der Waals surface area contributed by atoms with Gasteiger partial charge in [0.05, 0.1) is 24.5 Å². The van der Waals surface area contributed by atoms with Gasteiger partial charge in [0.1, 0.15) is 0 Å². The van der Waals surface area contributed by atoms with Gasteiger partial charge in [-0.05, 0) is 24.6 Å². The monoisotopic (exact) mass is 286 g/mol. The van der Waals surface area contributed by atoms with Crippen molar-refractivity contribution in [3.63, 3.8) is 0 Å². The quantitative estimate of drug-likeness (QED) is 0.813. The number of fused-ring (bicyclic) bond motifs is 1. The minimum Gasteiger partial charge on any atom is -0.490 e. The van der Waals surface area contributed by atoms with Crippen LogP contribution in [0.15, 0.2) is 24.4 Å². The van der Waals surface area contributed by atoms with Crippen LogP contribution in [-0.4, -0.2) is 28.8 Å². The van der Waals surface area contributed by atoms with E-state index in [0.717, 1.165) is 18.5 Å². The molecule has 0 radical (unpaired) electrons. The highest BCUT2D eigenvalue weighted by Crippen LogP contribution is 2.31. The molecule has 3 rings (SSSR count). The number of hydrogen-bond acceptors (Lipinski definition) is 4. The number of ketones is 1. The summed E-state index contributed by atoms with van der Waals surface area (Å²) in [6.45, 7) is 3.24. The van der Waals surface area contributed by atoms with E-state index in [1.54, 1.807) is 29.1 Å². The van der Waals surface area contributed by atoms with Crippen molar-refractivity contribution in [3.8, 4) is 11.5 Å². The third-order valence-electron chi connectivity index (χ3n) is 3.49. The molecular weight excluding hydrogens is 268 g/mol. The van der Waals surface area contributed by atoms with Crippen LogP contribution in [0, 0.1) is 0 Å². The van der Waals surface area contributed by atoms with E-state index in [0.29, 0.717) is 35.8 Å². The SMILES string of the molecule is CCc1nn(C)cc1C(=O)c1ccc2c(c1)OCCCO2. The van der Waals surface area contributed by atoms with Crippen molar-refractivity contribution >= 4 is 5.78 Å². The summed E-state index contributed by atoms with van der Waals surface area (Å²) in [5.41, 5.74) is 2.06. The topological polar surface area (TPSA) is 53.4 Å². The van der Waals surface area contributed by atoms with E-state index in [1.807, 2.05) is 14.0 Å². The number of aromatic nitrogens is 2. The molecule has 21 heavy (non-hydrogen) atoms. The largest absolute Gasteiger partial charge is 0.490 e. The molecule has 0 aliphatic carbocycles. The molecule has 5 heteroatoms. The third-order valence-corrected chi connectivity index (χ3v) is 3.49. The van der Waals surface area contributed by atoms with Crippen LogP contribution in [0.1, 0.15) is 35.0 Å². The maximum atomic E-state index is 12.7. The lowest BCUT2D eigenvalue weighted by Gasteiger charge is -2.08. The van der Waals surface area contributed by atoms with Crippen LogP contribution >= 0.6 is 0 Å². The summed E-state index contributed by atoms with van der Waals surface area (Å²) in [6.07, 6.45) is 3.34. The minimum atomic E-state index is -0.0319. The normalized spacial score (nSPS) is 13.8. The number of carbonyl (C=O) groups excluding carboxylic acids is 1. The summed E-state index contributed by atoms with van der Waals surface area (Å²) >= 11 is 0. The lowest BCUT2D eigenvalue weighted by molar-refractivity contribution is 0.103. The Morgan fingerprint density at radius 3 is 2.81 bits per heavy atom. The fourth-order valence-electron chi connectivity index (χ4n) is 2.45. The van der Waals surface area contributed by atoms with E-state index in [9.17, 15) is 4.79 Å². The predicted molar refractivity (Wildman–Crippen MR) is 78.1 cm³/mol. The van der Waals surface area contributed by atoms with E-state index in [2.05, 4.69) is 5.10 Å². The summed E-state index contributed by atoms with van der Waals surface area (Å²) in [5, 5.41) is 4.32. The molecule has 5 nitrogen and oxygen atoms in total. The molecule has 0 bridgehead atoms. The van der Waals surface area contributed by atoms with Gasteiger partial charge in [-0.1, -0.05) is 6.92 Å². The van der Waals surface area contributed by atoms with Crippen LogP contribution in [0.4, 0.5) is 0 Å². The second-order valence-corrected chi connectivity index (χ2v) is 5.06. The number of aryl methyl sites for hydroxylation is 2. The number of benzene rings is 1. The highest BCUT2D eigenvalue weighted by molar-refractivity contribution is 6.09. The molecule has 0 N–H and O–H groups in total. The molecule has 2 heterocycles. The van der Waals surface area contributed by atoms with Crippen molar-refractivity contribution in [2.45, 2.75) is 19.8 Å². The standard InChI is InChI=1S/C16H18N2O3/c1-3-13-12(10-18(2)17-13)16(19)11-5-6-14-15(9-11)21-8-4-7-20-14/h5-6,9-10H,3-4,7-8H2,1-2H3. The lowest BCUT2D eigenvalue weighted by atomic mass is 10.0. The molecule has 0 amide bonds. The molecule has 0 unspecified atom stereocenters. The van der Waals surface area contributed by atoms with Gasteiger partial charge in [-0.25, -0.2) is 0 Å². The smallest absolute Gasteiger partial charge is 0.196 e. The Balaban J connectivity index is 1.96. The molecule has 110 valence electrons. The Bertz CT molecular complexity index is 676. The van der Waals surface area contributed by atoms with Crippen molar-refractivity contribution in [1.29, 1.82) is 0 Å². The number of carbonyl (C=O) groups is 1. The van der Waals surface area contributed by atoms with Gasteiger partial charge in [0.15, 0.2) is 17.3 Å². The average molecular weight is 286 g/mol. The van der Waals surface area contributed by atoms with Gasteiger partial charge < -0.3 is 9.47 Å². The van der Waals surface area contributed by atoms with Gasteiger partial charge >= 0.3 is 0 Å². The van der Waals surface area contributed by atoms with Gasteiger partial charge in [0.25, 0.3) is 0 Å². The number of rotatable bonds is 3. The van der Waals surface area contributed by atoms with Crippen molar-refractivity contribution in [3.05, 3.63) is 41.2 Å². The van der Waals surface area contributed by atoms with Crippen molar-refractivity contribution < 1.29 is 14.3 Å². The predicted octanol–water partition coefficient (Wildman–Crippen LogP) is 2.37. The maximum Gasteiger partial charge on any atom is 0.196 e. The molecule has 1 aromatic carbocycles. The van der Waals surface area contributed by atoms with Gasteiger partial charge in [-0.3, -0.25) is 9.48 Å². The first kappa shape index (κ1) is 13.7. The first-order valence-electron chi connectivity index (χ1n) is 7.16. The molecule has 0 spiro atoms. The van der Waals surface area contributed by atoms with Crippen molar-refractivity contribution in [2.75, 3.05) is 13.2 Å². The van der Waals surface area contributed by atoms with Gasteiger partial charge in [0, 0.05) is 25.2 Å². The van der Waals surface area contributed by atoms with E-state index in [4.69, 9.17) is 9.47 Å². The van der Waals surface area contributed by atoms with E-state index >= 15 is 0 Å². The first-order chi connectivity index (χ1) is 10.2. The van der Waals surface area contributed by atoms with E-state index < -0.39 is 0 Å². The van der Waals surface area contributed by atoms with Crippen molar-refractivity contribution in [2.24, 2.45) is 7.05 Å². The lowest BCUT2D eigenvalue weighted by Crippen LogP contribution is -2.04. The van der Waals surface area contributed by atoms with Crippen LogP contribution in [-0.2, 0) is 13.5 Å². The first-order valence-corrected chi connectivity index (χ1v) is 7.16. The summed E-state index contributed by atoms with van der Waals surface area (Å²) in [7, 11) is 1.82. The summed E-state index contributed by atoms with van der Waals surface area (Å²) in [4.78, 5) is 12.7. The average Bonchev–Trinajstić information content (AvgIpc) is 2.72. The van der Waals surface area contributed by atoms with Crippen LogP contribution in [0.2, 0.25) is 0 Å². The molecule has 1 aliphatic heterocycles. The van der Waals surface area contributed by atoms with Gasteiger partial charge in [0.2, 0.25) is 0 Å².